The van der Waals surface area contributed by atoms with Gasteiger partial charge in [0.1, 0.15) is 6.61 Å². The van der Waals surface area contributed by atoms with E-state index in [9.17, 15) is 4.79 Å². The molecule has 5 heteroatoms. The zero-order chi connectivity index (χ0) is 13.8. The molecule has 0 fully saturated rings. The van der Waals surface area contributed by atoms with Crippen LogP contribution in [0.1, 0.15) is 13.8 Å². The number of halogens is 1. The van der Waals surface area contributed by atoms with E-state index in [1.165, 1.54) is 0 Å². The second-order valence-corrected chi connectivity index (χ2v) is 5.19. The van der Waals surface area contributed by atoms with Gasteiger partial charge < -0.3 is 14.8 Å². The zero-order valence-electron chi connectivity index (χ0n) is 11.1. The predicted octanol–water partition coefficient (Wildman–Crippen LogP) is 2.21. The molecule has 1 amide bonds. The molecular formula is C14H18ClNO3. The zero-order valence-corrected chi connectivity index (χ0v) is 11.8. The van der Waals surface area contributed by atoms with E-state index in [2.05, 4.69) is 5.32 Å². The molecular weight excluding hydrogens is 266 g/mol. The van der Waals surface area contributed by atoms with Crippen LogP contribution in [-0.4, -0.2) is 30.5 Å². The Bertz CT molecular complexity index is 450. The van der Waals surface area contributed by atoms with Gasteiger partial charge in [-0.05, 0) is 18.1 Å². The molecule has 0 aliphatic carbocycles. The molecule has 104 valence electrons. The molecule has 1 heterocycles. The molecule has 4 nitrogen and oxygen atoms in total. The number of amides is 1. The first-order chi connectivity index (χ1) is 9.11. The maximum atomic E-state index is 12.1. The third-order valence-electron chi connectivity index (χ3n) is 3.10. The molecule has 2 atom stereocenters. The second kappa shape index (κ2) is 6.15. The first kappa shape index (κ1) is 14.0. The fraction of sp³-hybridized carbons (Fsp3) is 0.500. The summed E-state index contributed by atoms with van der Waals surface area (Å²) < 4.78 is 11.2. The third kappa shape index (κ3) is 3.32. The van der Waals surface area contributed by atoms with Gasteiger partial charge in [-0.1, -0.05) is 26.0 Å². The number of carbonyl (C=O) groups excluding carboxylic acids is 1. The molecule has 19 heavy (non-hydrogen) atoms. The summed E-state index contributed by atoms with van der Waals surface area (Å²) in [6.45, 7) is 4.25. The molecule has 0 spiro atoms. The van der Waals surface area contributed by atoms with Gasteiger partial charge in [-0.25, -0.2) is 0 Å². The lowest BCUT2D eigenvalue weighted by atomic mass is 10.1. The van der Waals surface area contributed by atoms with Gasteiger partial charge in [0.25, 0.3) is 5.91 Å². The van der Waals surface area contributed by atoms with Gasteiger partial charge in [0, 0.05) is 11.9 Å². The van der Waals surface area contributed by atoms with Crippen molar-refractivity contribution in [2.24, 2.45) is 5.92 Å². The number of hydrogen-bond donors (Lipinski definition) is 1. The van der Waals surface area contributed by atoms with Gasteiger partial charge in [-0.2, -0.15) is 0 Å². The third-order valence-corrected chi connectivity index (χ3v) is 3.43. The minimum Gasteiger partial charge on any atom is -0.485 e. The van der Waals surface area contributed by atoms with Crippen molar-refractivity contribution < 1.29 is 14.3 Å². The lowest BCUT2D eigenvalue weighted by Gasteiger charge is -2.28. The molecule has 0 saturated carbocycles. The SMILES string of the molecule is CC(C)C(CCl)NC(=O)C1COc2ccccc2O1. The number of nitrogens with one attached hydrogen (secondary N) is 1. The van der Waals surface area contributed by atoms with Gasteiger partial charge in [0.15, 0.2) is 11.5 Å². The van der Waals surface area contributed by atoms with E-state index < -0.39 is 6.10 Å². The van der Waals surface area contributed by atoms with Crippen molar-refractivity contribution in [2.75, 3.05) is 12.5 Å². The minimum atomic E-state index is -0.626. The Morgan fingerprint density at radius 1 is 1.42 bits per heavy atom. The van der Waals surface area contributed by atoms with Gasteiger partial charge in [-0.3, -0.25) is 4.79 Å². The molecule has 2 unspecified atom stereocenters. The first-order valence-corrected chi connectivity index (χ1v) is 6.90. The minimum absolute atomic E-state index is 0.0602. The van der Waals surface area contributed by atoms with E-state index in [0.717, 1.165) is 0 Å². The molecule has 1 N–H and O–H groups in total. The fourth-order valence-electron chi connectivity index (χ4n) is 1.81. The van der Waals surface area contributed by atoms with Crippen LogP contribution in [0.5, 0.6) is 11.5 Å². The van der Waals surface area contributed by atoms with Crippen LogP contribution in [0, 0.1) is 5.92 Å². The number of hydrogen-bond acceptors (Lipinski definition) is 3. The van der Waals surface area contributed by atoms with E-state index in [-0.39, 0.29) is 24.5 Å². The molecule has 0 bridgehead atoms. The highest BCUT2D eigenvalue weighted by Crippen LogP contribution is 2.30. The lowest BCUT2D eigenvalue weighted by Crippen LogP contribution is -2.49. The molecule has 0 aromatic heterocycles. The van der Waals surface area contributed by atoms with Crippen LogP contribution in [0.2, 0.25) is 0 Å². The summed E-state index contributed by atoms with van der Waals surface area (Å²) in [5.41, 5.74) is 0. The standard InChI is InChI=1S/C14H18ClNO3/c1-9(2)10(7-15)16-14(17)13-8-18-11-5-3-4-6-12(11)19-13/h3-6,9-10,13H,7-8H2,1-2H3,(H,16,17). The van der Waals surface area contributed by atoms with Crippen molar-refractivity contribution in [1.29, 1.82) is 0 Å². The summed E-state index contributed by atoms with van der Waals surface area (Å²) in [5.74, 6) is 1.74. The van der Waals surface area contributed by atoms with E-state index in [0.29, 0.717) is 17.4 Å². The Labute approximate surface area is 118 Å². The van der Waals surface area contributed by atoms with E-state index in [1.807, 2.05) is 32.0 Å². The van der Waals surface area contributed by atoms with Crippen molar-refractivity contribution in [3.8, 4) is 11.5 Å². The molecule has 1 aromatic rings. The van der Waals surface area contributed by atoms with Crippen LogP contribution >= 0.6 is 11.6 Å². The Kier molecular flexibility index (Phi) is 4.53. The predicted molar refractivity (Wildman–Crippen MR) is 73.8 cm³/mol. The molecule has 1 aromatic carbocycles. The molecule has 0 radical (unpaired) electrons. The van der Waals surface area contributed by atoms with Crippen LogP contribution in [0.3, 0.4) is 0 Å². The molecule has 2 rings (SSSR count). The lowest BCUT2D eigenvalue weighted by molar-refractivity contribution is -0.131. The smallest absolute Gasteiger partial charge is 0.264 e. The summed E-state index contributed by atoms with van der Waals surface area (Å²) in [4.78, 5) is 12.1. The molecule has 1 aliphatic heterocycles. The summed E-state index contributed by atoms with van der Waals surface area (Å²) in [5, 5.41) is 2.89. The maximum Gasteiger partial charge on any atom is 0.264 e. The largest absolute Gasteiger partial charge is 0.485 e. The number of carbonyl (C=O) groups is 1. The van der Waals surface area contributed by atoms with Crippen molar-refractivity contribution in [3.63, 3.8) is 0 Å². The Hall–Kier alpha value is -1.42. The van der Waals surface area contributed by atoms with Crippen LogP contribution in [-0.2, 0) is 4.79 Å². The monoisotopic (exact) mass is 283 g/mol. The van der Waals surface area contributed by atoms with Crippen molar-refractivity contribution >= 4 is 17.5 Å². The van der Waals surface area contributed by atoms with E-state index in [4.69, 9.17) is 21.1 Å². The molecule has 0 saturated heterocycles. The average Bonchev–Trinajstić information content (AvgIpc) is 2.43. The number of alkyl halides is 1. The normalized spacial score (nSPS) is 19.1. The quantitative estimate of drug-likeness (QED) is 0.862. The first-order valence-electron chi connectivity index (χ1n) is 6.36. The average molecular weight is 284 g/mol. The summed E-state index contributed by atoms with van der Waals surface area (Å²) in [6.07, 6.45) is -0.626. The highest BCUT2D eigenvalue weighted by molar-refractivity contribution is 6.18. The van der Waals surface area contributed by atoms with Crippen LogP contribution in [0.15, 0.2) is 24.3 Å². The van der Waals surface area contributed by atoms with Gasteiger partial charge in [-0.15, -0.1) is 11.6 Å². The summed E-state index contributed by atoms with van der Waals surface area (Å²) in [7, 11) is 0. The van der Waals surface area contributed by atoms with Crippen molar-refractivity contribution in [3.05, 3.63) is 24.3 Å². The van der Waals surface area contributed by atoms with Crippen molar-refractivity contribution in [1.82, 2.24) is 5.32 Å². The summed E-state index contributed by atoms with van der Waals surface area (Å²) >= 11 is 5.84. The number of fused-ring (bicyclic) bond motifs is 1. The van der Waals surface area contributed by atoms with Crippen molar-refractivity contribution in [2.45, 2.75) is 26.0 Å². The highest BCUT2D eigenvalue weighted by atomic mass is 35.5. The van der Waals surface area contributed by atoms with Crippen LogP contribution in [0.25, 0.3) is 0 Å². The Balaban J connectivity index is 1.99. The Morgan fingerprint density at radius 2 is 2.11 bits per heavy atom. The molecule has 1 aliphatic rings. The van der Waals surface area contributed by atoms with Gasteiger partial charge >= 0.3 is 0 Å². The number of para-hydroxylation sites is 2. The van der Waals surface area contributed by atoms with E-state index in [1.54, 1.807) is 6.07 Å². The number of benzene rings is 1. The highest BCUT2D eigenvalue weighted by Gasteiger charge is 2.29. The van der Waals surface area contributed by atoms with Gasteiger partial charge in [0.2, 0.25) is 6.10 Å². The Morgan fingerprint density at radius 3 is 2.74 bits per heavy atom. The fourth-order valence-corrected chi connectivity index (χ4v) is 2.24. The number of ether oxygens (including phenoxy) is 2. The topological polar surface area (TPSA) is 47.6 Å². The van der Waals surface area contributed by atoms with Crippen LogP contribution < -0.4 is 14.8 Å². The van der Waals surface area contributed by atoms with E-state index >= 15 is 0 Å². The number of rotatable bonds is 4. The van der Waals surface area contributed by atoms with Gasteiger partial charge in [0.05, 0.1) is 0 Å². The summed E-state index contributed by atoms with van der Waals surface area (Å²) in [6, 6.07) is 7.26. The second-order valence-electron chi connectivity index (χ2n) is 4.88. The maximum absolute atomic E-state index is 12.1. The van der Waals surface area contributed by atoms with Crippen LogP contribution in [0.4, 0.5) is 0 Å².